The molecule has 1 aromatic rings. The van der Waals surface area contributed by atoms with Gasteiger partial charge in [0, 0.05) is 19.2 Å². The van der Waals surface area contributed by atoms with Crippen LogP contribution in [-0.2, 0) is 20.7 Å². The van der Waals surface area contributed by atoms with E-state index in [1.807, 2.05) is 30.3 Å². The summed E-state index contributed by atoms with van der Waals surface area (Å²) in [5.74, 6) is -0.132. The van der Waals surface area contributed by atoms with Crippen LogP contribution in [0.2, 0.25) is 0 Å². The van der Waals surface area contributed by atoms with E-state index in [1.165, 1.54) is 7.11 Å². The number of benzene rings is 1. The molecule has 0 bridgehead atoms. The van der Waals surface area contributed by atoms with Crippen LogP contribution in [0.3, 0.4) is 0 Å². The Hall–Kier alpha value is -2.10. The van der Waals surface area contributed by atoms with Crippen LogP contribution >= 0.6 is 0 Å². The van der Waals surface area contributed by atoms with E-state index in [0.29, 0.717) is 25.7 Å². The van der Waals surface area contributed by atoms with Crippen molar-refractivity contribution >= 4 is 18.0 Å². The molecule has 0 fully saturated rings. The van der Waals surface area contributed by atoms with Gasteiger partial charge in [0.25, 0.3) is 0 Å². The van der Waals surface area contributed by atoms with E-state index in [0.717, 1.165) is 16.8 Å². The minimum absolute atomic E-state index is 0.0827. The molecular formula is C16H19NO3. The normalized spacial score (nSPS) is 14.4. The van der Waals surface area contributed by atoms with E-state index in [-0.39, 0.29) is 11.9 Å². The number of nitrogens with zero attached hydrogens (tertiary/aromatic N) is 1. The Morgan fingerprint density at radius 1 is 1.35 bits per heavy atom. The molecule has 1 aliphatic heterocycles. The van der Waals surface area contributed by atoms with Gasteiger partial charge < -0.3 is 9.64 Å². The molecule has 20 heavy (non-hydrogen) atoms. The van der Waals surface area contributed by atoms with Crippen molar-refractivity contribution < 1.29 is 14.3 Å². The highest BCUT2D eigenvalue weighted by Crippen LogP contribution is 2.23. The lowest BCUT2D eigenvalue weighted by Gasteiger charge is -2.18. The van der Waals surface area contributed by atoms with Crippen molar-refractivity contribution in [3.63, 3.8) is 0 Å². The third-order valence-electron chi connectivity index (χ3n) is 3.57. The minimum atomic E-state index is -0.214. The number of carbonyl (C=O) groups is 2. The lowest BCUT2D eigenvalue weighted by molar-refractivity contribution is -0.140. The van der Waals surface area contributed by atoms with Crippen molar-refractivity contribution in [1.29, 1.82) is 0 Å². The van der Waals surface area contributed by atoms with Crippen LogP contribution in [0.5, 0.6) is 0 Å². The van der Waals surface area contributed by atoms with Crippen LogP contribution in [0.15, 0.2) is 30.0 Å². The zero-order valence-corrected chi connectivity index (χ0v) is 11.9. The van der Waals surface area contributed by atoms with Gasteiger partial charge in [0.1, 0.15) is 0 Å². The molecule has 0 spiro atoms. The molecule has 0 N–H and O–H groups in total. The van der Waals surface area contributed by atoms with E-state index in [4.69, 9.17) is 0 Å². The third kappa shape index (κ3) is 3.26. The second-order valence-electron chi connectivity index (χ2n) is 4.89. The van der Waals surface area contributed by atoms with Crippen LogP contribution in [0.1, 0.15) is 30.4 Å². The van der Waals surface area contributed by atoms with Gasteiger partial charge in [-0.1, -0.05) is 24.3 Å². The third-order valence-corrected chi connectivity index (χ3v) is 3.57. The number of likely N-dealkylation sites (N-methyl/N-ethyl adjacent to an activating group) is 1. The lowest BCUT2D eigenvalue weighted by atomic mass is 10.0. The molecule has 0 radical (unpaired) electrons. The van der Waals surface area contributed by atoms with E-state index >= 15 is 0 Å². The molecule has 4 nitrogen and oxygen atoms in total. The first-order valence-electron chi connectivity index (χ1n) is 6.73. The smallest absolute Gasteiger partial charge is 0.305 e. The fourth-order valence-electron chi connectivity index (χ4n) is 2.31. The highest BCUT2D eigenvalue weighted by atomic mass is 16.5. The van der Waals surface area contributed by atoms with Gasteiger partial charge in [0.05, 0.1) is 13.5 Å². The first-order valence-corrected chi connectivity index (χ1v) is 6.73. The van der Waals surface area contributed by atoms with Gasteiger partial charge in [-0.25, -0.2) is 0 Å². The summed E-state index contributed by atoms with van der Waals surface area (Å²) < 4.78 is 4.63. The number of methoxy groups -OCH3 is 1. The number of amides is 1. The van der Waals surface area contributed by atoms with Crippen LogP contribution in [0.4, 0.5) is 0 Å². The summed E-state index contributed by atoms with van der Waals surface area (Å²) in [6, 6.07) is 7.91. The molecule has 0 aliphatic carbocycles. The number of esters is 1. The summed E-state index contributed by atoms with van der Waals surface area (Å²) >= 11 is 0. The first-order chi connectivity index (χ1) is 9.61. The molecule has 1 heterocycles. The SMILES string of the molecule is COC(=O)CCCC1=Cc2ccccc2CC(=O)N1C. The lowest BCUT2D eigenvalue weighted by Crippen LogP contribution is -2.26. The number of ether oxygens (including phenoxy) is 1. The van der Waals surface area contributed by atoms with Gasteiger partial charge in [-0.15, -0.1) is 0 Å². The monoisotopic (exact) mass is 273 g/mol. The van der Waals surface area contributed by atoms with Crippen LogP contribution in [0, 0.1) is 0 Å². The maximum Gasteiger partial charge on any atom is 0.305 e. The van der Waals surface area contributed by atoms with Gasteiger partial charge >= 0.3 is 5.97 Å². The fraction of sp³-hybridized carbons (Fsp3) is 0.375. The molecule has 4 heteroatoms. The molecule has 1 aromatic carbocycles. The summed E-state index contributed by atoms with van der Waals surface area (Å²) in [5, 5.41) is 0. The molecule has 1 amide bonds. The van der Waals surface area contributed by atoms with Gasteiger partial charge in [-0.3, -0.25) is 9.59 Å². The van der Waals surface area contributed by atoms with Crippen molar-refractivity contribution in [3.8, 4) is 0 Å². The van der Waals surface area contributed by atoms with Crippen LogP contribution in [0.25, 0.3) is 6.08 Å². The van der Waals surface area contributed by atoms with Gasteiger partial charge in [-0.2, -0.15) is 0 Å². The molecule has 106 valence electrons. The summed E-state index contributed by atoms with van der Waals surface area (Å²) in [6.45, 7) is 0. The molecular weight excluding hydrogens is 254 g/mol. The minimum Gasteiger partial charge on any atom is -0.469 e. The van der Waals surface area contributed by atoms with E-state index in [9.17, 15) is 9.59 Å². The first kappa shape index (κ1) is 14.3. The predicted molar refractivity (Wildman–Crippen MR) is 76.8 cm³/mol. The molecule has 0 unspecified atom stereocenters. The highest BCUT2D eigenvalue weighted by molar-refractivity contribution is 5.84. The average molecular weight is 273 g/mol. The topological polar surface area (TPSA) is 46.6 Å². The Morgan fingerprint density at radius 2 is 2.10 bits per heavy atom. The van der Waals surface area contributed by atoms with Gasteiger partial charge in [0.15, 0.2) is 0 Å². The Balaban J connectivity index is 2.15. The summed E-state index contributed by atoms with van der Waals surface area (Å²) in [4.78, 5) is 25.0. The average Bonchev–Trinajstić information content (AvgIpc) is 2.57. The Labute approximate surface area is 119 Å². The molecule has 1 aliphatic rings. The predicted octanol–water partition coefficient (Wildman–Crippen LogP) is 2.39. The van der Waals surface area contributed by atoms with Crippen molar-refractivity contribution in [2.45, 2.75) is 25.7 Å². The van der Waals surface area contributed by atoms with E-state index in [1.54, 1.807) is 11.9 Å². The Morgan fingerprint density at radius 3 is 2.85 bits per heavy atom. The number of hydrogen-bond donors (Lipinski definition) is 0. The molecule has 0 aromatic heterocycles. The molecule has 2 rings (SSSR count). The standard InChI is InChI=1S/C16H19NO3/c1-17-14(8-5-9-16(19)20-2)10-12-6-3-4-7-13(12)11-15(17)18/h3-4,6-7,10H,5,8-9,11H2,1-2H3. The number of carbonyl (C=O) groups excluding carboxylic acids is 2. The summed E-state index contributed by atoms with van der Waals surface area (Å²) in [5.41, 5.74) is 3.08. The Bertz CT molecular complexity index is 548. The van der Waals surface area contributed by atoms with Crippen molar-refractivity contribution in [3.05, 3.63) is 41.1 Å². The Kier molecular flexibility index (Phi) is 4.56. The van der Waals surface area contributed by atoms with Gasteiger partial charge in [-0.05, 0) is 30.0 Å². The number of hydrogen-bond acceptors (Lipinski definition) is 3. The van der Waals surface area contributed by atoms with Crippen molar-refractivity contribution in [2.24, 2.45) is 0 Å². The van der Waals surface area contributed by atoms with Crippen LogP contribution < -0.4 is 0 Å². The zero-order valence-electron chi connectivity index (χ0n) is 11.9. The quantitative estimate of drug-likeness (QED) is 0.791. The molecule has 0 saturated heterocycles. The highest BCUT2D eigenvalue weighted by Gasteiger charge is 2.19. The summed E-state index contributed by atoms with van der Waals surface area (Å²) in [6.07, 6.45) is 4.20. The van der Waals surface area contributed by atoms with E-state index < -0.39 is 0 Å². The molecule has 0 saturated carbocycles. The fourth-order valence-corrected chi connectivity index (χ4v) is 2.31. The van der Waals surface area contributed by atoms with Crippen LogP contribution in [-0.4, -0.2) is 30.9 Å². The maximum atomic E-state index is 12.1. The second-order valence-corrected chi connectivity index (χ2v) is 4.89. The maximum absolute atomic E-state index is 12.1. The van der Waals surface area contributed by atoms with Gasteiger partial charge in [0.2, 0.25) is 5.91 Å². The van der Waals surface area contributed by atoms with Crippen molar-refractivity contribution in [2.75, 3.05) is 14.2 Å². The second kappa shape index (κ2) is 6.37. The van der Waals surface area contributed by atoms with Crippen molar-refractivity contribution in [1.82, 2.24) is 4.90 Å². The summed E-state index contributed by atoms with van der Waals surface area (Å²) in [7, 11) is 3.18. The van der Waals surface area contributed by atoms with E-state index in [2.05, 4.69) is 4.74 Å². The number of allylic oxidation sites excluding steroid dienone is 1. The molecule has 0 atom stereocenters. The zero-order chi connectivity index (χ0) is 14.5. The number of fused-ring (bicyclic) bond motifs is 1. The largest absolute Gasteiger partial charge is 0.469 e. The number of rotatable bonds is 4.